The van der Waals surface area contributed by atoms with E-state index in [1.54, 1.807) is 5.19 Å². The molecule has 1 aromatic rings. The van der Waals surface area contributed by atoms with Gasteiger partial charge in [-0.2, -0.15) is 0 Å². The van der Waals surface area contributed by atoms with Crippen LogP contribution in [-0.4, -0.2) is 27.8 Å². The van der Waals surface area contributed by atoms with Crippen LogP contribution in [0.3, 0.4) is 0 Å². The summed E-state index contributed by atoms with van der Waals surface area (Å²) in [6, 6.07) is 13.6. The maximum atomic E-state index is 11.8. The fourth-order valence-corrected chi connectivity index (χ4v) is 17.8. The van der Waals surface area contributed by atoms with Crippen molar-refractivity contribution in [1.82, 2.24) is 0 Å². The lowest BCUT2D eigenvalue weighted by atomic mass is 10.1. The molecule has 1 aliphatic heterocycles. The summed E-state index contributed by atoms with van der Waals surface area (Å²) in [5.41, 5.74) is 0. The van der Waals surface area contributed by atoms with Gasteiger partial charge >= 0.3 is 5.97 Å². The van der Waals surface area contributed by atoms with Crippen LogP contribution in [0.15, 0.2) is 30.3 Å². The van der Waals surface area contributed by atoms with Gasteiger partial charge in [-0.15, -0.1) is 0 Å². The van der Waals surface area contributed by atoms with Gasteiger partial charge in [0.05, 0.1) is 14.2 Å². The molecule has 2 nitrogen and oxygen atoms in total. The van der Waals surface area contributed by atoms with Crippen LogP contribution in [0.4, 0.5) is 0 Å². The van der Waals surface area contributed by atoms with Crippen molar-refractivity contribution in [3.8, 4) is 0 Å². The minimum Gasteiger partial charge on any atom is -0.466 e. The largest absolute Gasteiger partial charge is 0.466 e. The van der Waals surface area contributed by atoms with Crippen molar-refractivity contribution in [1.29, 1.82) is 0 Å². The summed E-state index contributed by atoms with van der Waals surface area (Å²) < 4.78 is 5.14. The molecule has 1 heterocycles. The van der Waals surface area contributed by atoms with Gasteiger partial charge in [0.25, 0.3) is 0 Å². The summed E-state index contributed by atoms with van der Waals surface area (Å²) in [5.74, 6) is 0.543. The van der Waals surface area contributed by atoms with Crippen LogP contribution in [-0.2, 0) is 9.53 Å². The van der Waals surface area contributed by atoms with Gasteiger partial charge < -0.3 is 4.74 Å². The Morgan fingerprint density at radius 1 is 1.20 bits per heavy atom. The molecule has 0 aliphatic carbocycles. The van der Waals surface area contributed by atoms with Gasteiger partial charge in [0.1, 0.15) is 0 Å². The molecule has 0 radical (unpaired) electrons. The highest BCUT2D eigenvalue weighted by Gasteiger charge is 2.53. The van der Waals surface area contributed by atoms with Crippen LogP contribution in [0, 0.1) is 5.92 Å². The van der Waals surface area contributed by atoms with E-state index in [1.807, 2.05) is 6.92 Å². The first kappa shape index (κ1) is 15.5. The molecular formula is C16H26O2Si2. The molecule has 0 saturated carbocycles. The number of rotatable bonds is 4. The quantitative estimate of drug-likeness (QED) is 0.630. The van der Waals surface area contributed by atoms with Gasteiger partial charge in [-0.25, -0.2) is 0 Å². The van der Waals surface area contributed by atoms with E-state index in [0.29, 0.717) is 18.9 Å². The number of esters is 1. The summed E-state index contributed by atoms with van der Waals surface area (Å²) in [4.78, 5) is 11.8. The number of ether oxygens (including phenoxy) is 1. The first-order valence-corrected chi connectivity index (χ1v) is 14.5. The predicted octanol–water partition coefficient (Wildman–Crippen LogP) is 3.34. The van der Waals surface area contributed by atoms with Crippen molar-refractivity contribution < 1.29 is 9.53 Å². The molecule has 2 rings (SSSR count). The zero-order valence-electron chi connectivity index (χ0n) is 13.1. The minimum atomic E-state index is -1.41. The molecule has 2 atom stereocenters. The van der Waals surface area contributed by atoms with Gasteiger partial charge in [0.2, 0.25) is 0 Å². The Morgan fingerprint density at radius 2 is 1.85 bits per heavy atom. The SMILES string of the molecule is CCOC(=O)CC1C[Si](C)(C)[Si](C)(c2ccccc2)C1. The highest BCUT2D eigenvalue weighted by atomic mass is 29.3. The summed E-state index contributed by atoms with van der Waals surface area (Å²) in [6.07, 6.45) is 0.625. The van der Waals surface area contributed by atoms with E-state index >= 15 is 0 Å². The molecule has 1 saturated heterocycles. The summed E-state index contributed by atoms with van der Waals surface area (Å²) in [5, 5.41) is 1.59. The fourth-order valence-electron chi connectivity index (χ4n) is 3.79. The molecule has 2 unspecified atom stereocenters. The number of benzene rings is 1. The van der Waals surface area contributed by atoms with Crippen LogP contribution in [0.25, 0.3) is 0 Å². The van der Waals surface area contributed by atoms with Gasteiger partial charge in [-0.05, 0) is 12.8 Å². The number of hydrogen-bond donors (Lipinski definition) is 0. The second-order valence-electron chi connectivity index (χ2n) is 6.87. The van der Waals surface area contributed by atoms with Crippen molar-refractivity contribution in [2.45, 2.75) is 45.1 Å². The van der Waals surface area contributed by atoms with Crippen LogP contribution in [0.1, 0.15) is 13.3 Å². The second kappa shape index (κ2) is 5.86. The first-order valence-electron chi connectivity index (χ1n) is 7.60. The van der Waals surface area contributed by atoms with Crippen molar-refractivity contribution in [2.24, 2.45) is 5.92 Å². The van der Waals surface area contributed by atoms with E-state index < -0.39 is 15.2 Å². The van der Waals surface area contributed by atoms with Crippen molar-refractivity contribution >= 4 is 26.3 Å². The number of carbonyl (C=O) groups is 1. The second-order valence-corrected chi connectivity index (χ2v) is 22.1. The van der Waals surface area contributed by atoms with E-state index in [-0.39, 0.29) is 5.97 Å². The van der Waals surface area contributed by atoms with E-state index in [1.165, 1.54) is 12.1 Å². The third-order valence-electron chi connectivity index (χ3n) is 5.16. The molecule has 1 fully saturated rings. The summed E-state index contributed by atoms with van der Waals surface area (Å²) in [7, 11) is -2.67. The highest BCUT2D eigenvalue weighted by molar-refractivity contribution is 7.46. The highest BCUT2D eigenvalue weighted by Crippen LogP contribution is 2.42. The molecule has 4 heteroatoms. The normalized spacial score (nSPS) is 28.3. The molecule has 0 spiro atoms. The van der Waals surface area contributed by atoms with Gasteiger partial charge in [0.15, 0.2) is 0 Å². The molecule has 0 bridgehead atoms. The third kappa shape index (κ3) is 2.91. The lowest BCUT2D eigenvalue weighted by Gasteiger charge is -2.35. The maximum Gasteiger partial charge on any atom is 0.306 e. The Morgan fingerprint density at radius 3 is 2.45 bits per heavy atom. The van der Waals surface area contributed by atoms with Crippen LogP contribution in [0.2, 0.25) is 31.7 Å². The average Bonchev–Trinajstić information content (AvgIpc) is 2.61. The molecule has 1 aliphatic rings. The van der Waals surface area contributed by atoms with Gasteiger partial charge in [-0.3, -0.25) is 4.79 Å². The van der Waals surface area contributed by atoms with Crippen molar-refractivity contribution in [3.05, 3.63) is 30.3 Å². The predicted molar refractivity (Wildman–Crippen MR) is 89.5 cm³/mol. The van der Waals surface area contributed by atoms with Gasteiger partial charge in [-0.1, -0.05) is 67.2 Å². The Bertz CT molecular complexity index is 473. The van der Waals surface area contributed by atoms with Crippen LogP contribution < -0.4 is 5.19 Å². The standard InChI is InChI=1S/C16H26O2Si2/c1-5-18-16(17)11-14-12-19(2,3)20(4,13-14)15-9-7-6-8-10-15/h6-10,14H,5,11-13H2,1-4H3. The van der Waals surface area contributed by atoms with Crippen LogP contribution in [0.5, 0.6) is 0 Å². The number of hydrogen-bond acceptors (Lipinski definition) is 2. The molecule has 110 valence electrons. The molecule has 0 amide bonds. The first-order chi connectivity index (χ1) is 9.39. The zero-order valence-corrected chi connectivity index (χ0v) is 15.1. The topological polar surface area (TPSA) is 26.3 Å². The van der Waals surface area contributed by atoms with E-state index in [4.69, 9.17) is 4.74 Å². The van der Waals surface area contributed by atoms with Gasteiger partial charge in [0, 0.05) is 14.0 Å². The Hall–Kier alpha value is -0.876. The van der Waals surface area contributed by atoms with Crippen LogP contribution >= 0.6 is 0 Å². The molecule has 0 aromatic heterocycles. The monoisotopic (exact) mass is 306 g/mol. The Labute approximate surface area is 124 Å². The smallest absolute Gasteiger partial charge is 0.306 e. The molecular weight excluding hydrogens is 280 g/mol. The lowest BCUT2D eigenvalue weighted by molar-refractivity contribution is -0.143. The molecule has 1 aromatic carbocycles. The third-order valence-corrected chi connectivity index (χ3v) is 23.8. The maximum absolute atomic E-state index is 11.8. The Kier molecular flexibility index (Phi) is 4.54. The van der Waals surface area contributed by atoms with E-state index in [2.05, 4.69) is 50.0 Å². The minimum absolute atomic E-state index is 0.00592. The summed E-state index contributed by atoms with van der Waals surface area (Å²) in [6.45, 7) is 9.97. The van der Waals surface area contributed by atoms with Crippen molar-refractivity contribution in [3.63, 3.8) is 0 Å². The molecule has 20 heavy (non-hydrogen) atoms. The molecule has 0 N–H and O–H groups in total. The zero-order chi connectivity index (χ0) is 14.8. The number of carbonyl (C=O) groups excluding carboxylic acids is 1. The fraction of sp³-hybridized carbons (Fsp3) is 0.562. The average molecular weight is 307 g/mol. The Balaban J connectivity index is 2.17. The lowest BCUT2D eigenvalue weighted by Crippen LogP contribution is -2.61. The van der Waals surface area contributed by atoms with Crippen molar-refractivity contribution in [2.75, 3.05) is 6.61 Å². The van der Waals surface area contributed by atoms with E-state index in [9.17, 15) is 4.79 Å². The summed E-state index contributed by atoms with van der Waals surface area (Å²) >= 11 is 0. The van der Waals surface area contributed by atoms with E-state index in [0.717, 1.165) is 0 Å².